The molecule has 0 aromatic rings. The highest BCUT2D eigenvalue weighted by molar-refractivity contribution is 5.84. The minimum atomic E-state index is -0.281. The molecule has 3 saturated carbocycles. The van der Waals surface area contributed by atoms with E-state index in [4.69, 9.17) is 10.5 Å². The van der Waals surface area contributed by atoms with Crippen molar-refractivity contribution in [3.8, 4) is 0 Å². The van der Waals surface area contributed by atoms with Gasteiger partial charge in [0.2, 0.25) is 11.8 Å². The summed E-state index contributed by atoms with van der Waals surface area (Å²) in [5.74, 6) is 4.99. The number of amides is 3. The van der Waals surface area contributed by atoms with Crippen LogP contribution in [0.15, 0.2) is 11.6 Å². The number of allylic oxidation sites excluding steroid dienone is 1. The van der Waals surface area contributed by atoms with E-state index in [1.807, 2.05) is 0 Å². The van der Waals surface area contributed by atoms with Gasteiger partial charge in [-0.25, -0.2) is 4.79 Å². The first-order valence-electron chi connectivity index (χ1n) is 25.3. The fourth-order valence-electron chi connectivity index (χ4n) is 12.5. The van der Waals surface area contributed by atoms with E-state index in [-0.39, 0.29) is 36.0 Å². The molecule has 0 bridgehead atoms. The van der Waals surface area contributed by atoms with Crippen LogP contribution in [0.3, 0.4) is 0 Å². The standard InChI is InChI=1S/C51H92N4O4/c1-7-8-9-10-11-12-13-16-24-48(57)55(38-47(56)53-34-19-17-33-52)36-20-15-14-18-35-54-49(58)59-42-29-31-50(5)41(37-42)25-26-43-45-28-27-44(40(4)23-21-22-39(2)3)51(45,6)32-30-46(43)50/h25,39-40,42-46H,7-24,26-38,52H2,1-6H3,(H,53,56)(H,54,58)/t40-,42+,43+,44-,45+,46+,50+,51-/m1/s1. The van der Waals surface area contributed by atoms with Crippen LogP contribution in [0, 0.1) is 46.3 Å². The summed E-state index contributed by atoms with van der Waals surface area (Å²) < 4.78 is 6.05. The molecule has 0 unspecified atom stereocenters. The lowest BCUT2D eigenvalue weighted by molar-refractivity contribution is -0.136. The van der Waals surface area contributed by atoms with E-state index in [0.29, 0.717) is 38.0 Å². The molecule has 0 aromatic heterocycles. The number of hydrogen-bond donors (Lipinski definition) is 3. The van der Waals surface area contributed by atoms with Gasteiger partial charge in [-0.05, 0) is 130 Å². The molecular weight excluding hydrogens is 733 g/mol. The summed E-state index contributed by atoms with van der Waals surface area (Å²) in [6.45, 7) is 17.3. The van der Waals surface area contributed by atoms with Crippen molar-refractivity contribution in [2.24, 2.45) is 52.1 Å². The predicted octanol–water partition coefficient (Wildman–Crippen LogP) is 11.9. The van der Waals surface area contributed by atoms with Crippen LogP contribution in [0.5, 0.6) is 0 Å². The molecule has 0 radical (unpaired) electrons. The number of hydrogen-bond acceptors (Lipinski definition) is 5. The minimum Gasteiger partial charge on any atom is -0.446 e. The molecule has 59 heavy (non-hydrogen) atoms. The van der Waals surface area contributed by atoms with Crippen molar-refractivity contribution in [1.82, 2.24) is 15.5 Å². The highest BCUT2D eigenvalue weighted by Crippen LogP contribution is 2.67. The zero-order valence-corrected chi connectivity index (χ0v) is 39.2. The fraction of sp³-hybridized carbons (Fsp3) is 0.902. The van der Waals surface area contributed by atoms with Gasteiger partial charge in [0.1, 0.15) is 6.10 Å². The van der Waals surface area contributed by atoms with Crippen molar-refractivity contribution in [2.45, 2.75) is 215 Å². The Bertz CT molecular complexity index is 1290. The van der Waals surface area contributed by atoms with E-state index in [9.17, 15) is 14.4 Å². The summed E-state index contributed by atoms with van der Waals surface area (Å²) in [6, 6.07) is 0. The van der Waals surface area contributed by atoms with Gasteiger partial charge >= 0.3 is 6.09 Å². The van der Waals surface area contributed by atoms with E-state index in [0.717, 1.165) is 106 Å². The number of nitrogens with zero attached hydrogens (tertiary/aromatic N) is 1. The lowest BCUT2D eigenvalue weighted by Gasteiger charge is -2.58. The van der Waals surface area contributed by atoms with Crippen molar-refractivity contribution >= 4 is 17.9 Å². The summed E-state index contributed by atoms with van der Waals surface area (Å²) in [7, 11) is 0. The largest absolute Gasteiger partial charge is 0.446 e. The molecule has 0 spiro atoms. The van der Waals surface area contributed by atoms with Gasteiger partial charge in [-0.3, -0.25) is 9.59 Å². The maximum Gasteiger partial charge on any atom is 0.407 e. The average Bonchev–Trinajstić information content (AvgIpc) is 3.57. The Balaban J connectivity index is 1.14. The Labute approximate surface area is 362 Å². The maximum atomic E-state index is 13.2. The summed E-state index contributed by atoms with van der Waals surface area (Å²) >= 11 is 0. The average molecular weight is 825 g/mol. The van der Waals surface area contributed by atoms with Gasteiger partial charge < -0.3 is 26.0 Å². The zero-order valence-electron chi connectivity index (χ0n) is 39.2. The molecule has 8 atom stereocenters. The van der Waals surface area contributed by atoms with Crippen LogP contribution in [0.2, 0.25) is 0 Å². The summed E-state index contributed by atoms with van der Waals surface area (Å²) in [6.07, 6.45) is 31.7. The normalized spacial score (nSPS) is 27.9. The van der Waals surface area contributed by atoms with E-state index in [1.165, 1.54) is 89.9 Å². The number of ether oxygens (including phenoxy) is 1. The first-order chi connectivity index (χ1) is 28.4. The number of fused-ring (bicyclic) bond motifs is 5. The first kappa shape index (κ1) is 49.6. The predicted molar refractivity (Wildman–Crippen MR) is 245 cm³/mol. The van der Waals surface area contributed by atoms with E-state index >= 15 is 0 Å². The Kier molecular flexibility index (Phi) is 21.6. The van der Waals surface area contributed by atoms with Gasteiger partial charge in [-0.1, -0.05) is 130 Å². The van der Waals surface area contributed by atoms with Crippen molar-refractivity contribution in [2.75, 3.05) is 32.7 Å². The van der Waals surface area contributed by atoms with Crippen LogP contribution in [-0.2, 0) is 14.3 Å². The second-order valence-corrected chi connectivity index (χ2v) is 20.8. The fourth-order valence-corrected chi connectivity index (χ4v) is 12.5. The molecule has 4 rings (SSSR count). The Hall–Kier alpha value is -2.09. The third-order valence-corrected chi connectivity index (χ3v) is 16.0. The number of alkyl carbamates (subject to hydrolysis) is 1. The van der Waals surface area contributed by atoms with E-state index < -0.39 is 0 Å². The van der Waals surface area contributed by atoms with E-state index in [2.05, 4.69) is 58.3 Å². The molecule has 3 amide bonds. The van der Waals surface area contributed by atoms with Crippen molar-refractivity contribution in [3.63, 3.8) is 0 Å². The molecular formula is C51H92N4O4. The molecule has 0 aliphatic heterocycles. The molecule has 0 aromatic carbocycles. The zero-order chi connectivity index (χ0) is 42.7. The van der Waals surface area contributed by atoms with Gasteiger partial charge in [0, 0.05) is 32.5 Å². The van der Waals surface area contributed by atoms with Crippen LogP contribution < -0.4 is 16.4 Å². The molecule has 340 valence electrons. The second-order valence-electron chi connectivity index (χ2n) is 20.8. The Morgan fingerprint density at radius 3 is 2.24 bits per heavy atom. The summed E-state index contributed by atoms with van der Waals surface area (Å²) in [5.41, 5.74) is 7.92. The third-order valence-electron chi connectivity index (χ3n) is 16.0. The van der Waals surface area contributed by atoms with Crippen molar-refractivity contribution in [3.05, 3.63) is 11.6 Å². The van der Waals surface area contributed by atoms with Gasteiger partial charge in [0.05, 0.1) is 6.54 Å². The molecule has 4 aliphatic carbocycles. The van der Waals surface area contributed by atoms with Crippen molar-refractivity contribution < 1.29 is 19.1 Å². The van der Waals surface area contributed by atoms with Crippen LogP contribution in [0.1, 0.15) is 208 Å². The molecule has 0 saturated heterocycles. The quantitative estimate of drug-likeness (QED) is 0.0537. The minimum absolute atomic E-state index is 0.0329. The van der Waals surface area contributed by atoms with Crippen LogP contribution >= 0.6 is 0 Å². The molecule has 4 N–H and O–H groups in total. The Morgan fingerprint density at radius 2 is 1.49 bits per heavy atom. The van der Waals surface area contributed by atoms with E-state index in [1.54, 1.807) is 10.5 Å². The Morgan fingerprint density at radius 1 is 0.797 bits per heavy atom. The van der Waals surface area contributed by atoms with Gasteiger partial charge in [-0.15, -0.1) is 0 Å². The summed E-state index contributed by atoms with van der Waals surface area (Å²) in [5, 5.41) is 6.00. The van der Waals surface area contributed by atoms with Crippen LogP contribution in [0.25, 0.3) is 0 Å². The number of nitrogens with one attached hydrogen (secondary N) is 2. The maximum absolute atomic E-state index is 13.2. The van der Waals surface area contributed by atoms with Crippen molar-refractivity contribution in [1.29, 1.82) is 0 Å². The number of unbranched alkanes of at least 4 members (excludes halogenated alkanes) is 11. The number of carbonyl (C=O) groups excluding carboxylic acids is 3. The molecule has 8 nitrogen and oxygen atoms in total. The van der Waals surface area contributed by atoms with Gasteiger partial charge in [-0.2, -0.15) is 0 Å². The van der Waals surface area contributed by atoms with Crippen LogP contribution in [-0.4, -0.2) is 61.6 Å². The number of nitrogens with two attached hydrogens (primary N) is 1. The monoisotopic (exact) mass is 825 g/mol. The topological polar surface area (TPSA) is 114 Å². The third kappa shape index (κ3) is 15.0. The molecule has 8 heteroatoms. The lowest BCUT2D eigenvalue weighted by Crippen LogP contribution is -2.51. The molecule has 0 heterocycles. The number of carbonyl (C=O) groups is 3. The summed E-state index contributed by atoms with van der Waals surface area (Å²) in [4.78, 5) is 40.5. The SMILES string of the molecule is CCCCCCCCCCC(=O)N(CCCCCCNC(=O)O[C@H]1CC[C@@]2(C)C(=CC[C@H]3[C@@H]4CC[C@H]([C@H](C)CCCC(C)C)[C@@]4(C)CC[C@@H]32)C1)CC(=O)NCCCCN. The smallest absolute Gasteiger partial charge is 0.407 e. The highest BCUT2D eigenvalue weighted by atomic mass is 16.6. The highest BCUT2D eigenvalue weighted by Gasteiger charge is 2.59. The van der Waals surface area contributed by atoms with Crippen LogP contribution in [0.4, 0.5) is 4.79 Å². The first-order valence-corrected chi connectivity index (χ1v) is 25.3. The second kappa shape index (κ2) is 25.8. The van der Waals surface area contributed by atoms with Gasteiger partial charge in [0.15, 0.2) is 0 Å². The lowest BCUT2D eigenvalue weighted by atomic mass is 9.47. The molecule has 3 fully saturated rings. The molecule has 4 aliphatic rings. The number of rotatable bonds is 28. The van der Waals surface area contributed by atoms with Gasteiger partial charge in [0.25, 0.3) is 0 Å².